The van der Waals surface area contributed by atoms with Gasteiger partial charge >= 0.3 is 0 Å². The third kappa shape index (κ3) is 2.32. The summed E-state index contributed by atoms with van der Waals surface area (Å²) in [4.78, 5) is 17.1. The van der Waals surface area contributed by atoms with E-state index in [0.717, 1.165) is 11.3 Å². The van der Waals surface area contributed by atoms with Crippen LogP contribution in [0.25, 0.3) is 16.9 Å². The number of anilines is 1. The molecule has 4 rings (SSSR count). The van der Waals surface area contributed by atoms with Gasteiger partial charge < -0.3 is 5.73 Å². The van der Waals surface area contributed by atoms with Crippen LogP contribution >= 0.6 is 0 Å². The molecule has 5 heteroatoms. The predicted molar refractivity (Wildman–Crippen MR) is 92.7 cm³/mol. The van der Waals surface area contributed by atoms with Crippen molar-refractivity contribution < 1.29 is 4.79 Å². The molecule has 0 unspecified atom stereocenters. The lowest BCUT2D eigenvalue weighted by atomic mass is 10.1. The van der Waals surface area contributed by atoms with E-state index in [1.807, 2.05) is 48.5 Å². The molecule has 24 heavy (non-hydrogen) atoms. The second-order valence-corrected chi connectivity index (χ2v) is 5.44. The van der Waals surface area contributed by atoms with E-state index in [0.29, 0.717) is 22.5 Å². The zero-order valence-corrected chi connectivity index (χ0v) is 12.8. The molecule has 0 spiro atoms. The minimum absolute atomic E-state index is 0.0946. The van der Waals surface area contributed by atoms with Gasteiger partial charge in [-0.2, -0.15) is 5.10 Å². The number of benzene rings is 2. The van der Waals surface area contributed by atoms with Crippen molar-refractivity contribution in [3.8, 4) is 11.3 Å². The van der Waals surface area contributed by atoms with Crippen molar-refractivity contribution in [1.82, 2.24) is 14.6 Å². The maximum absolute atomic E-state index is 12.7. The molecule has 2 N–H and O–H groups in total. The van der Waals surface area contributed by atoms with Gasteiger partial charge in [0.25, 0.3) is 0 Å². The highest BCUT2D eigenvalue weighted by Gasteiger charge is 2.17. The lowest BCUT2D eigenvalue weighted by Crippen LogP contribution is -2.02. The molecule has 2 aromatic heterocycles. The van der Waals surface area contributed by atoms with Crippen molar-refractivity contribution in [3.05, 3.63) is 84.2 Å². The number of ketones is 1. The summed E-state index contributed by atoms with van der Waals surface area (Å²) < 4.78 is 1.67. The Hall–Kier alpha value is -3.47. The molecule has 0 fully saturated rings. The molecule has 0 aliphatic rings. The number of carbonyl (C=O) groups excluding carboxylic acids is 1. The van der Waals surface area contributed by atoms with Crippen LogP contribution in [-0.2, 0) is 0 Å². The van der Waals surface area contributed by atoms with Gasteiger partial charge in [-0.25, -0.2) is 9.50 Å². The van der Waals surface area contributed by atoms with Crippen LogP contribution < -0.4 is 5.73 Å². The average Bonchev–Trinajstić information content (AvgIpc) is 3.06. The Balaban J connectivity index is 1.87. The number of aromatic nitrogens is 3. The number of hydrogen-bond donors (Lipinski definition) is 1. The number of nitrogens with two attached hydrogens (primary N) is 1. The average molecular weight is 314 g/mol. The van der Waals surface area contributed by atoms with Crippen LogP contribution in [0.2, 0.25) is 0 Å². The van der Waals surface area contributed by atoms with Crippen LogP contribution in [0.3, 0.4) is 0 Å². The summed E-state index contributed by atoms with van der Waals surface area (Å²) in [5.74, 6) is -0.0946. The van der Waals surface area contributed by atoms with Gasteiger partial charge in [-0.15, -0.1) is 0 Å². The van der Waals surface area contributed by atoms with E-state index in [1.165, 1.54) is 0 Å². The van der Waals surface area contributed by atoms with Gasteiger partial charge in [0.2, 0.25) is 0 Å². The van der Waals surface area contributed by atoms with Crippen molar-refractivity contribution in [2.75, 3.05) is 5.73 Å². The molecule has 116 valence electrons. The smallest absolute Gasteiger partial charge is 0.198 e. The Morgan fingerprint density at radius 1 is 1.00 bits per heavy atom. The highest BCUT2D eigenvalue weighted by atomic mass is 16.1. The number of rotatable bonds is 3. The minimum Gasteiger partial charge on any atom is -0.399 e. The second kappa shape index (κ2) is 5.62. The summed E-state index contributed by atoms with van der Waals surface area (Å²) >= 11 is 0. The highest BCUT2D eigenvalue weighted by Crippen LogP contribution is 2.23. The van der Waals surface area contributed by atoms with Crippen molar-refractivity contribution in [2.24, 2.45) is 0 Å². The maximum Gasteiger partial charge on any atom is 0.198 e. The molecule has 0 bridgehead atoms. The van der Waals surface area contributed by atoms with E-state index in [9.17, 15) is 4.79 Å². The van der Waals surface area contributed by atoms with E-state index in [-0.39, 0.29) is 5.78 Å². The molecule has 4 aromatic rings. The normalized spacial score (nSPS) is 10.8. The van der Waals surface area contributed by atoms with Gasteiger partial charge in [0.1, 0.15) is 0 Å². The molecule has 0 amide bonds. The van der Waals surface area contributed by atoms with Gasteiger partial charge in [0, 0.05) is 23.0 Å². The fraction of sp³-hybridized carbons (Fsp3) is 0. The second-order valence-electron chi connectivity index (χ2n) is 5.44. The Morgan fingerprint density at radius 2 is 1.83 bits per heavy atom. The van der Waals surface area contributed by atoms with Gasteiger partial charge in [-0.3, -0.25) is 4.79 Å². The zero-order chi connectivity index (χ0) is 16.5. The molecule has 0 aliphatic carbocycles. The summed E-state index contributed by atoms with van der Waals surface area (Å²) in [5, 5.41) is 4.36. The van der Waals surface area contributed by atoms with Crippen molar-refractivity contribution in [1.29, 1.82) is 0 Å². The first-order valence-electron chi connectivity index (χ1n) is 7.52. The topological polar surface area (TPSA) is 73.3 Å². The maximum atomic E-state index is 12.7. The van der Waals surface area contributed by atoms with E-state index in [1.54, 1.807) is 29.0 Å². The molecular formula is C19H14N4O. The number of carbonyl (C=O) groups is 1. The van der Waals surface area contributed by atoms with Crippen LogP contribution in [0.15, 0.2) is 73.1 Å². The largest absolute Gasteiger partial charge is 0.399 e. The number of nitrogen functional groups attached to an aromatic ring is 1. The van der Waals surface area contributed by atoms with Crippen molar-refractivity contribution in [3.63, 3.8) is 0 Å². The highest BCUT2D eigenvalue weighted by molar-refractivity contribution is 6.12. The summed E-state index contributed by atoms with van der Waals surface area (Å²) in [6, 6.07) is 18.5. The third-order valence-corrected chi connectivity index (χ3v) is 3.86. The van der Waals surface area contributed by atoms with Crippen molar-refractivity contribution in [2.45, 2.75) is 0 Å². The van der Waals surface area contributed by atoms with Crippen LogP contribution in [0.1, 0.15) is 15.9 Å². The molecule has 2 heterocycles. The summed E-state index contributed by atoms with van der Waals surface area (Å²) in [7, 11) is 0. The first-order chi connectivity index (χ1) is 11.7. The number of fused-ring (bicyclic) bond motifs is 1. The van der Waals surface area contributed by atoms with E-state index >= 15 is 0 Å². The Bertz CT molecular complexity index is 1040. The van der Waals surface area contributed by atoms with Gasteiger partial charge in [0.15, 0.2) is 11.4 Å². The SMILES string of the molecule is Nc1cccc(-c2ccnc3c(C(=O)c4ccccc4)cnn23)c1. The van der Waals surface area contributed by atoms with E-state index in [4.69, 9.17) is 5.73 Å². The lowest BCUT2D eigenvalue weighted by Gasteiger charge is -2.06. The first-order valence-corrected chi connectivity index (χ1v) is 7.52. The third-order valence-electron chi connectivity index (χ3n) is 3.86. The molecule has 0 saturated carbocycles. The van der Waals surface area contributed by atoms with E-state index in [2.05, 4.69) is 10.1 Å². The molecule has 5 nitrogen and oxygen atoms in total. The number of hydrogen-bond acceptors (Lipinski definition) is 4. The van der Waals surface area contributed by atoms with Gasteiger partial charge in [-0.1, -0.05) is 42.5 Å². The molecule has 0 radical (unpaired) electrons. The predicted octanol–water partition coefficient (Wildman–Crippen LogP) is 3.21. The Kier molecular flexibility index (Phi) is 3.31. The van der Waals surface area contributed by atoms with Crippen LogP contribution in [-0.4, -0.2) is 20.4 Å². The molecule has 0 saturated heterocycles. The number of nitrogens with zero attached hydrogens (tertiary/aromatic N) is 3. The van der Waals surface area contributed by atoms with Crippen LogP contribution in [0.5, 0.6) is 0 Å². The first kappa shape index (κ1) is 14.1. The molecular weight excluding hydrogens is 300 g/mol. The monoisotopic (exact) mass is 314 g/mol. The van der Waals surface area contributed by atoms with Gasteiger partial charge in [-0.05, 0) is 18.2 Å². The quantitative estimate of drug-likeness (QED) is 0.465. The van der Waals surface area contributed by atoms with Crippen LogP contribution in [0.4, 0.5) is 5.69 Å². The summed E-state index contributed by atoms with van der Waals surface area (Å²) in [5.41, 5.74) is 9.92. The summed E-state index contributed by atoms with van der Waals surface area (Å²) in [6.45, 7) is 0. The van der Waals surface area contributed by atoms with Crippen molar-refractivity contribution >= 4 is 17.1 Å². The van der Waals surface area contributed by atoms with E-state index < -0.39 is 0 Å². The van der Waals surface area contributed by atoms with Gasteiger partial charge in [0.05, 0.1) is 17.5 Å². The summed E-state index contributed by atoms with van der Waals surface area (Å²) in [6.07, 6.45) is 3.24. The Morgan fingerprint density at radius 3 is 2.62 bits per heavy atom. The standard InChI is InChI=1S/C19H14N4O/c20-15-8-4-7-14(11-15)17-9-10-21-19-16(12-22-23(17)19)18(24)13-5-2-1-3-6-13/h1-12H,20H2. The van der Waals surface area contributed by atoms with Crippen LogP contribution in [0, 0.1) is 0 Å². The zero-order valence-electron chi connectivity index (χ0n) is 12.8. The molecule has 2 aromatic carbocycles. The Labute approximate surface area is 138 Å². The molecule has 0 atom stereocenters. The minimum atomic E-state index is -0.0946. The fourth-order valence-electron chi connectivity index (χ4n) is 2.71. The lowest BCUT2D eigenvalue weighted by molar-refractivity contribution is 0.104. The molecule has 0 aliphatic heterocycles. The fourth-order valence-corrected chi connectivity index (χ4v) is 2.71.